The first kappa shape index (κ1) is 22.2. The second-order valence-corrected chi connectivity index (χ2v) is 9.07. The van der Waals surface area contributed by atoms with Crippen LogP contribution in [0.4, 0.5) is 0 Å². The first-order chi connectivity index (χ1) is 16.4. The van der Waals surface area contributed by atoms with Crippen LogP contribution in [-0.4, -0.2) is 53.5 Å². The van der Waals surface area contributed by atoms with Gasteiger partial charge in [-0.25, -0.2) is 0 Å². The number of nitrogen functional groups attached to an aromatic ring is 1. The van der Waals surface area contributed by atoms with Gasteiger partial charge in [-0.15, -0.1) is 0 Å². The van der Waals surface area contributed by atoms with Crippen LogP contribution in [0, 0.1) is 5.41 Å². The molecular weight excluding hydrogens is 429 g/mol. The van der Waals surface area contributed by atoms with Crippen molar-refractivity contribution in [2.75, 3.05) is 19.7 Å². The van der Waals surface area contributed by atoms with Gasteiger partial charge in [0.05, 0.1) is 6.61 Å². The topological polar surface area (TPSA) is 120 Å². The fraction of sp³-hybridized carbons (Fsp3) is 0.231. The molecule has 8 heteroatoms. The van der Waals surface area contributed by atoms with E-state index in [-0.39, 0.29) is 17.2 Å². The highest BCUT2D eigenvalue weighted by Crippen LogP contribution is 2.46. The van der Waals surface area contributed by atoms with Crippen molar-refractivity contribution in [2.45, 2.75) is 18.3 Å². The Bertz CT molecular complexity index is 1270. The van der Waals surface area contributed by atoms with E-state index in [1.165, 1.54) is 0 Å². The molecule has 0 saturated carbocycles. The van der Waals surface area contributed by atoms with Crippen LogP contribution in [-0.2, 0) is 5.41 Å². The third-order valence-electron chi connectivity index (χ3n) is 7.00. The van der Waals surface area contributed by atoms with Gasteiger partial charge in [0.15, 0.2) is 0 Å². The number of hydrogen-bond acceptors (Lipinski definition) is 5. The van der Waals surface area contributed by atoms with E-state index in [9.17, 15) is 14.8 Å². The summed E-state index contributed by atoms with van der Waals surface area (Å²) in [5.41, 5.74) is 9.98. The molecule has 0 unspecified atom stereocenters. The lowest BCUT2D eigenvalue weighted by atomic mass is 9.74. The van der Waals surface area contributed by atoms with Crippen molar-refractivity contribution in [1.82, 2.24) is 4.90 Å². The van der Waals surface area contributed by atoms with E-state index in [1.807, 2.05) is 53.4 Å². The number of likely N-dealkylation sites (tertiary alicyclic amines) is 1. The number of amidine groups is 1. The molecule has 1 spiro atoms. The van der Waals surface area contributed by atoms with Gasteiger partial charge in [0.2, 0.25) is 0 Å². The molecule has 3 aromatic rings. The minimum atomic E-state index is -1.54. The Morgan fingerprint density at radius 1 is 0.971 bits per heavy atom. The number of hydrogen-bond donors (Lipinski definition) is 4. The smallest absolute Gasteiger partial charge is 0.488 e. The maximum Gasteiger partial charge on any atom is 0.488 e. The molecule has 5 rings (SSSR count). The van der Waals surface area contributed by atoms with E-state index >= 15 is 0 Å². The molecule has 0 atom stereocenters. The lowest BCUT2D eigenvalue weighted by molar-refractivity contribution is 0.0646. The molecular formula is C26H26BN3O4. The van der Waals surface area contributed by atoms with E-state index in [1.54, 1.807) is 18.2 Å². The number of amides is 1. The quantitative estimate of drug-likeness (QED) is 0.272. The molecule has 34 heavy (non-hydrogen) atoms. The van der Waals surface area contributed by atoms with Crippen molar-refractivity contribution in [3.05, 3.63) is 83.4 Å². The minimum absolute atomic E-state index is 0.0216. The second kappa shape index (κ2) is 8.63. The van der Waals surface area contributed by atoms with Crippen molar-refractivity contribution < 1.29 is 19.6 Å². The highest BCUT2D eigenvalue weighted by molar-refractivity contribution is 6.58. The molecule has 0 radical (unpaired) electrons. The summed E-state index contributed by atoms with van der Waals surface area (Å²) in [4.78, 5) is 15.2. The lowest BCUT2D eigenvalue weighted by Crippen LogP contribution is -2.46. The third-order valence-corrected chi connectivity index (χ3v) is 7.00. The van der Waals surface area contributed by atoms with Gasteiger partial charge in [-0.1, -0.05) is 36.4 Å². The number of fused-ring (bicyclic) bond motifs is 2. The highest BCUT2D eigenvalue weighted by Gasteiger charge is 2.44. The predicted octanol–water partition coefficient (Wildman–Crippen LogP) is 1.88. The summed E-state index contributed by atoms with van der Waals surface area (Å²) in [5, 5.41) is 26.7. The summed E-state index contributed by atoms with van der Waals surface area (Å²) in [6, 6.07) is 20.1. The van der Waals surface area contributed by atoms with Crippen molar-refractivity contribution in [3.63, 3.8) is 0 Å². The molecule has 3 aromatic carbocycles. The normalized spacial score (nSPS) is 16.1. The third kappa shape index (κ3) is 3.95. The van der Waals surface area contributed by atoms with E-state index in [0.29, 0.717) is 36.3 Å². The van der Waals surface area contributed by atoms with Crippen LogP contribution < -0.4 is 15.9 Å². The van der Waals surface area contributed by atoms with Gasteiger partial charge in [-0.05, 0) is 59.8 Å². The minimum Gasteiger partial charge on any atom is -0.492 e. The first-order valence-electron chi connectivity index (χ1n) is 11.3. The number of nitrogens with two attached hydrogens (primary N) is 1. The number of ether oxygens (including phenoxy) is 1. The summed E-state index contributed by atoms with van der Waals surface area (Å²) in [6.07, 6.45) is 1.56. The van der Waals surface area contributed by atoms with Gasteiger partial charge in [0.25, 0.3) is 5.91 Å². The molecule has 0 bridgehead atoms. The Labute approximate surface area is 198 Å². The Balaban J connectivity index is 1.33. The van der Waals surface area contributed by atoms with Gasteiger partial charge in [-0.3, -0.25) is 10.2 Å². The van der Waals surface area contributed by atoms with E-state index in [2.05, 4.69) is 0 Å². The maximum atomic E-state index is 13.3. The molecule has 2 aliphatic heterocycles. The van der Waals surface area contributed by atoms with Crippen molar-refractivity contribution >= 4 is 24.3 Å². The maximum absolute atomic E-state index is 13.3. The van der Waals surface area contributed by atoms with Crippen molar-refractivity contribution in [3.8, 4) is 16.9 Å². The Kier molecular flexibility index (Phi) is 5.63. The number of nitrogens with zero attached hydrogens (tertiary/aromatic N) is 1. The zero-order chi connectivity index (χ0) is 23.9. The van der Waals surface area contributed by atoms with Crippen LogP contribution in [0.25, 0.3) is 11.1 Å². The molecule has 0 aliphatic carbocycles. The average Bonchev–Trinajstić information content (AvgIpc) is 3.21. The van der Waals surface area contributed by atoms with Crippen LogP contribution in [0.3, 0.4) is 0 Å². The Morgan fingerprint density at radius 2 is 1.68 bits per heavy atom. The van der Waals surface area contributed by atoms with E-state index < -0.39 is 7.12 Å². The number of rotatable bonds is 4. The standard InChI is InChI=1S/C26H26BN3O4/c28-24(29)19-7-8-23-22(15-19)26(16-34-23)9-11-30(12-10-26)25(31)20-5-1-3-17(13-20)18-4-2-6-21(14-18)27(32)33/h1-8,13-15,32-33H,9-12,16H2,(H3,28,29). The summed E-state index contributed by atoms with van der Waals surface area (Å²) in [7, 11) is -1.54. The largest absolute Gasteiger partial charge is 0.492 e. The van der Waals surface area contributed by atoms with Crippen LogP contribution in [0.5, 0.6) is 5.75 Å². The average molecular weight is 455 g/mol. The Morgan fingerprint density at radius 3 is 2.38 bits per heavy atom. The van der Waals surface area contributed by atoms with E-state index in [4.69, 9.17) is 15.9 Å². The van der Waals surface area contributed by atoms with Crippen LogP contribution in [0.15, 0.2) is 66.7 Å². The molecule has 7 nitrogen and oxygen atoms in total. The van der Waals surface area contributed by atoms with Gasteiger partial charge in [-0.2, -0.15) is 0 Å². The SMILES string of the molecule is N=C(N)c1ccc2c(c1)C1(CCN(C(=O)c3cccc(-c4cccc(B(O)O)c4)c3)CC1)CO2. The number of piperidine rings is 1. The zero-order valence-electron chi connectivity index (χ0n) is 18.7. The zero-order valence-corrected chi connectivity index (χ0v) is 18.7. The molecule has 2 aliphatic rings. The lowest BCUT2D eigenvalue weighted by Gasteiger charge is -2.38. The summed E-state index contributed by atoms with van der Waals surface area (Å²) in [6.45, 7) is 1.80. The Hall–Kier alpha value is -3.62. The van der Waals surface area contributed by atoms with Gasteiger partial charge in [0.1, 0.15) is 11.6 Å². The molecule has 1 fully saturated rings. The molecule has 1 saturated heterocycles. The van der Waals surface area contributed by atoms with Crippen LogP contribution in [0.1, 0.15) is 34.3 Å². The summed E-state index contributed by atoms with van der Waals surface area (Å²) < 4.78 is 5.95. The van der Waals surface area contributed by atoms with Crippen molar-refractivity contribution in [1.29, 1.82) is 5.41 Å². The molecule has 172 valence electrons. The second-order valence-electron chi connectivity index (χ2n) is 9.07. The fourth-order valence-electron chi connectivity index (χ4n) is 4.98. The van der Waals surface area contributed by atoms with Gasteiger partial charge >= 0.3 is 7.12 Å². The number of carbonyl (C=O) groups excluding carboxylic acids is 1. The fourth-order valence-corrected chi connectivity index (χ4v) is 4.98. The molecule has 2 heterocycles. The van der Waals surface area contributed by atoms with Crippen molar-refractivity contribution in [2.24, 2.45) is 5.73 Å². The monoisotopic (exact) mass is 455 g/mol. The summed E-state index contributed by atoms with van der Waals surface area (Å²) in [5.74, 6) is 0.857. The molecule has 0 aromatic heterocycles. The van der Waals surface area contributed by atoms with E-state index in [0.717, 1.165) is 35.3 Å². The predicted molar refractivity (Wildman–Crippen MR) is 131 cm³/mol. The van der Waals surface area contributed by atoms with Crippen LogP contribution in [0.2, 0.25) is 0 Å². The summed E-state index contributed by atoms with van der Waals surface area (Å²) >= 11 is 0. The van der Waals surface area contributed by atoms with Crippen LogP contribution >= 0.6 is 0 Å². The highest BCUT2D eigenvalue weighted by atomic mass is 16.5. The number of carbonyl (C=O) groups is 1. The molecule has 1 amide bonds. The van der Waals surface area contributed by atoms with Gasteiger partial charge < -0.3 is 25.4 Å². The van der Waals surface area contributed by atoms with Gasteiger partial charge in [0, 0.05) is 35.2 Å². The first-order valence-corrected chi connectivity index (χ1v) is 11.3. The number of nitrogens with one attached hydrogen (secondary N) is 1. The molecule has 5 N–H and O–H groups in total. The number of benzene rings is 3.